The average Bonchev–Trinajstić information content (AvgIpc) is 2.81. The Balaban J connectivity index is 1.71. The van der Waals surface area contributed by atoms with Gasteiger partial charge in [0, 0.05) is 0 Å². The normalized spacial score (nSPS) is 12.0. The fourth-order valence-electron chi connectivity index (χ4n) is 3.79. The maximum Gasteiger partial charge on any atom is 0.165 e. The van der Waals surface area contributed by atoms with Gasteiger partial charge in [0.1, 0.15) is 5.75 Å². The summed E-state index contributed by atoms with van der Waals surface area (Å²) in [7, 11) is 0. The first kappa shape index (κ1) is 26.2. The molecule has 0 aliphatic rings. The minimum absolute atomic E-state index is 0.305. The van der Waals surface area contributed by atoms with Crippen molar-refractivity contribution in [3.05, 3.63) is 48.3 Å². The third kappa shape index (κ3) is 10.1. The highest BCUT2D eigenvalue weighted by atomic mass is 19.1. The van der Waals surface area contributed by atoms with E-state index in [0.717, 1.165) is 42.7 Å². The van der Waals surface area contributed by atoms with Crippen LogP contribution in [0.4, 0.5) is 4.39 Å². The molecule has 0 amide bonds. The Morgan fingerprint density at radius 1 is 0.719 bits per heavy atom. The molecule has 0 aliphatic heterocycles. The first-order chi connectivity index (χ1) is 15.6. The fourth-order valence-corrected chi connectivity index (χ4v) is 3.79. The molecule has 178 valence electrons. The number of unbranched alkanes of at least 4 members (excludes halogenated alkanes) is 7. The van der Waals surface area contributed by atoms with E-state index in [2.05, 4.69) is 20.8 Å². The van der Waals surface area contributed by atoms with Gasteiger partial charge in [-0.25, -0.2) is 4.39 Å². The van der Waals surface area contributed by atoms with Gasteiger partial charge in [-0.15, -0.1) is 0 Å². The molecule has 0 fully saturated rings. The van der Waals surface area contributed by atoms with Crippen LogP contribution in [0, 0.1) is 11.7 Å². The summed E-state index contributed by atoms with van der Waals surface area (Å²) >= 11 is 0. The molecule has 1 atom stereocenters. The van der Waals surface area contributed by atoms with Gasteiger partial charge in [0.05, 0.1) is 13.2 Å². The van der Waals surface area contributed by atoms with Crippen molar-refractivity contribution in [1.29, 1.82) is 0 Å². The third-order valence-corrected chi connectivity index (χ3v) is 6.18. The molecule has 2 aromatic rings. The van der Waals surface area contributed by atoms with E-state index in [1.54, 1.807) is 12.1 Å². The predicted molar refractivity (Wildman–Crippen MR) is 134 cm³/mol. The van der Waals surface area contributed by atoms with Crippen LogP contribution in [-0.4, -0.2) is 13.2 Å². The predicted octanol–water partition coefficient (Wildman–Crippen LogP) is 9.22. The van der Waals surface area contributed by atoms with Crippen molar-refractivity contribution in [1.82, 2.24) is 0 Å². The second-order valence-corrected chi connectivity index (χ2v) is 9.00. The van der Waals surface area contributed by atoms with Crippen molar-refractivity contribution in [2.45, 2.75) is 91.4 Å². The molecule has 0 aliphatic carbocycles. The fraction of sp³-hybridized carbons (Fsp3) is 0.586. The maximum atomic E-state index is 14.5. The molecular weight excluding hydrogens is 399 g/mol. The average molecular weight is 443 g/mol. The first-order valence-electron chi connectivity index (χ1n) is 12.8. The van der Waals surface area contributed by atoms with Crippen molar-refractivity contribution >= 4 is 0 Å². The molecule has 0 radical (unpaired) electrons. The van der Waals surface area contributed by atoms with Gasteiger partial charge in [0.25, 0.3) is 0 Å². The summed E-state index contributed by atoms with van der Waals surface area (Å²) in [6.45, 7) is 8.00. The highest BCUT2D eigenvalue weighted by Gasteiger charge is 2.07. The quantitative estimate of drug-likeness (QED) is 0.227. The van der Waals surface area contributed by atoms with Crippen LogP contribution in [0.1, 0.15) is 91.4 Å². The van der Waals surface area contributed by atoms with Crippen molar-refractivity contribution in [2.75, 3.05) is 13.2 Å². The lowest BCUT2D eigenvalue weighted by molar-refractivity contribution is 0.281. The van der Waals surface area contributed by atoms with Gasteiger partial charge in [-0.1, -0.05) is 90.3 Å². The highest BCUT2D eigenvalue weighted by molar-refractivity contribution is 5.65. The van der Waals surface area contributed by atoms with E-state index in [-0.39, 0.29) is 5.82 Å². The summed E-state index contributed by atoms with van der Waals surface area (Å²) in [6, 6.07) is 13.1. The lowest BCUT2D eigenvalue weighted by Crippen LogP contribution is -2.02. The van der Waals surface area contributed by atoms with Gasteiger partial charge < -0.3 is 9.47 Å². The summed E-state index contributed by atoms with van der Waals surface area (Å²) in [5.41, 5.74) is 1.83. The summed E-state index contributed by atoms with van der Waals surface area (Å²) in [4.78, 5) is 0. The smallest absolute Gasteiger partial charge is 0.165 e. The number of rotatable bonds is 17. The van der Waals surface area contributed by atoms with Gasteiger partial charge in [-0.3, -0.25) is 0 Å². The van der Waals surface area contributed by atoms with Crippen LogP contribution in [0.25, 0.3) is 11.1 Å². The second-order valence-electron chi connectivity index (χ2n) is 9.00. The Kier molecular flexibility index (Phi) is 12.9. The van der Waals surface area contributed by atoms with E-state index in [9.17, 15) is 4.39 Å². The Hall–Kier alpha value is -2.03. The molecule has 2 nitrogen and oxygen atoms in total. The molecule has 0 heterocycles. The number of benzene rings is 2. The third-order valence-electron chi connectivity index (χ3n) is 6.18. The summed E-state index contributed by atoms with van der Waals surface area (Å²) < 4.78 is 26.0. The molecule has 0 aromatic heterocycles. The van der Waals surface area contributed by atoms with Crippen LogP contribution in [0.2, 0.25) is 0 Å². The van der Waals surface area contributed by atoms with Gasteiger partial charge in [-0.05, 0) is 60.6 Å². The van der Waals surface area contributed by atoms with E-state index in [0.29, 0.717) is 18.3 Å². The Morgan fingerprint density at radius 2 is 1.34 bits per heavy atom. The van der Waals surface area contributed by atoms with Gasteiger partial charge in [0.2, 0.25) is 0 Å². The molecule has 2 aromatic carbocycles. The second kappa shape index (κ2) is 15.7. The Labute approximate surface area is 195 Å². The molecular formula is C29H43FO2. The number of halogens is 1. The van der Waals surface area contributed by atoms with Gasteiger partial charge in [0.15, 0.2) is 11.6 Å². The van der Waals surface area contributed by atoms with E-state index in [1.165, 1.54) is 51.4 Å². The van der Waals surface area contributed by atoms with Gasteiger partial charge in [-0.2, -0.15) is 0 Å². The maximum absolute atomic E-state index is 14.5. The lowest BCUT2D eigenvalue weighted by atomic mass is 10.0. The van der Waals surface area contributed by atoms with Crippen LogP contribution >= 0.6 is 0 Å². The SMILES string of the molecule is CCCCCCCCCCOc1ccc(-c2ccc(OCCC[C@@H](C)CC)c(F)c2)cc1. The molecule has 2 rings (SSSR count). The monoisotopic (exact) mass is 442 g/mol. The summed E-state index contributed by atoms with van der Waals surface area (Å²) in [5, 5.41) is 0. The first-order valence-corrected chi connectivity index (χ1v) is 12.8. The summed E-state index contributed by atoms with van der Waals surface area (Å²) in [6.07, 6.45) is 13.6. The van der Waals surface area contributed by atoms with Crippen LogP contribution in [0.15, 0.2) is 42.5 Å². The number of ether oxygens (including phenoxy) is 2. The minimum Gasteiger partial charge on any atom is -0.494 e. The van der Waals surface area contributed by atoms with E-state index in [1.807, 2.05) is 30.3 Å². The molecule has 32 heavy (non-hydrogen) atoms. The van der Waals surface area contributed by atoms with Crippen molar-refractivity contribution in [2.24, 2.45) is 5.92 Å². The lowest BCUT2D eigenvalue weighted by Gasteiger charge is -2.11. The molecule has 0 saturated carbocycles. The topological polar surface area (TPSA) is 18.5 Å². The van der Waals surface area contributed by atoms with Crippen LogP contribution < -0.4 is 9.47 Å². The zero-order chi connectivity index (χ0) is 23.0. The molecule has 0 bridgehead atoms. The standard InChI is InChI=1S/C29H43FO2/c1-4-6-7-8-9-10-11-12-21-31-27-18-15-25(16-19-27)26-17-20-29(28(30)23-26)32-22-13-14-24(3)5-2/h15-20,23-24H,4-14,21-22H2,1-3H3/t24-/m0/s1. The minimum atomic E-state index is -0.305. The molecule has 0 saturated heterocycles. The van der Waals surface area contributed by atoms with Crippen LogP contribution in [-0.2, 0) is 0 Å². The van der Waals surface area contributed by atoms with E-state index in [4.69, 9.17) is 9.47 Å². The molecule has 0 unspecified atom stereocenters. The summed E-state index contributed by atoms with van der Waals surface area (Å²) in [5.74, 6) is 1.60. The van der Waals surface area contributed by atoms with Crippen LogP contribution in [0.3, 0.4) is 0 Å². The largest absolute Gasteiger partial charge is 0.494 e. The zero-order valence-corrected chi connectivity index (χ0v) is 20.5. The molecule has 0 spiro atoms. The molecule has 3 heteroatoms. The van der Waals surface area contributed by atoms with Gasteiger partial charge >= 0.3 is 0 Å². The molecule has 0 N–H and O–H groups in total. The van der Waals surface area contributed by atoms with E-state index >= 15 is 0 Å². The van der Waals surface area contributed by atoms with Crippen LogP contribution in [0.5, 0.6) is 11.5 Å². The van der Waals surface area contributed by atoms with Crippen molar-refractivity contribution < 1.29 is 13.9 Å². The number of hydrogen-bond donors (Lipinski definition) is 0. The van der Waals surface area contributed by atoms with Crippen molar-refractivity contribution in [3.8, 4) is 22.6 Å². The van der Waals surface area contributed by atoms with E-state index < -0.39 is 0 Å². The highest BCUT2D eigenvalue weighted by Crippen LogP contribution is 2.27. The zero-order valence-electron chi connectivity index (χ0n) is 20.5. The van der Waals surface area contributed by atoms with Crippen molar-refractivity contribution in [3.63, 3.8) is 0 Å². The Morgan fingerprint density at radius 3 is 2.00 bits per heavy atom. The number of hydrogen-bond acceptors (Lipinski definition) is 2. The Bertz CT molecular complexity index is 741.